The fourth-order valence-electron chi connectivity index (χ4n) is 5.61. The van der Waals surface area contributed by atoms with Gasteiger partial charge in [0.25, 0.3) is 0 Å². The van der Waals surface area contributed by atoms with Crippen molar-refractivity contribution in [2.75, 3.05) is 33.0 Å². The van der Waals surface area contributed by atoms with E-state index in [-0.39, 0.29) is 32.3 Å². The fourth-order valence-corrected chi connectivity index (χ4v) is 6.38. The minimum Gasteiger partial charge on any atom is -0.457 e. The minimum absolute atomic E-state index is 0.0947. The maximum Gasteiger partial charge on any atom is 0.472 e. The van der Waals surface area contributed by atoms with E-state index in [1.54, 1.807) is 0 Å². The number of esters is 1. The predicted octanol–water partition coefficient (Wildman–Crippen LogP) is 11.7. The molecule has 0 saturated carbocycles. The van der Waals surface area contributed by atoms with Gasteiger partial charge in [-0.3, -0.25) is 13.8 Å². The molecule has 2 unspecified atom stereocenters. The highest BCUT2D eigenvalue weighted by Crippen LogP contribution is 2.43. The van der Waals surface area contributed by atoms with Gasteiger partial charge in [0.05, 0.1) is 19.8 Å². The topological polar surface area (TPSA) is 117 Å². The van der Waals surface area contributed by atoms with Crippen molar-refractivity contribution < 1.29 is 32.8 Å². The van der Waals surface area contributed by atoms with Crippen molar-refractivity contribution in [3.63, 3.8) is 0 Å². The van der Waals surface area contributed by atoms with Crippen LogP contribution in [0.15, 0.2) is 24.3 Å². The molecule has 0 bridgehead atoms. The fraction of sp³-hybridized carbons (Fsp3) is 0.875. The second kappa shape index (κ2) is 38.2. The number of phosphoric acid groups is 1. The lowest BCUT2D eigenvalue weighted by atomic mass is 10.1. The SMILES string of the molecule is CCCCCCC/C=C\C/C=C\CCCCCCCCCCCC(=O)OC(COCCCCCCCCCCC)COP(=O)(O)OCCN. The van der Waals surface area contributed by atoms with Gasteiger partial charge in [-0.1, -0.05) is 160 Å². The van der Waals surface area contributed by atoms with Gasteiger partial charge in [-0.25, -0.2) is 4.57 Å². The third-order valence-electron chi connectivity index (χ3n) is 8.62. The number of carbonyl (C=O) groups excluding carboxylic acids is 1. The van der Waals surface area contributed by atoms with Gasteiger partial charge in [0.15, 0.2) is 0 Å². The summed E-state index contributed by atoms with van der Waals surface area (Å²) in [6.45, 7) is 4.90. The molecule has 0 rings (SSSR count). The molecule has 49 heavy (non-hydrogen) atoms. The number of hydrogen-bond acceptors (Lipinski definition) is 7. The third kappa shape index (κ3) is 38.1. The molecule has 0 aromatic carbocycles. The highest BCUT2D eigenvalue weighted by Gasteiger charge is 2.25. The van der Waals surface area contributed by atoms with E-state index in [2.05, 4.69) is 38.2 Å². The Morgan fingerprint density at radius 1 is 0.612 bits per heavy atom. The lowest BCUT2D eigenvalue weighted by Gasteiger charge is -2.20. The van der Waals surface area contributed by atoms with Gasteiger partial charge in [0.2, 0.25) is 0 Å². The van der Waals surface area contributed by atoms with Gasteiger partial charge in [-0.2, -0.15) is 0 Å². The van der Waals surface area contributed by atoms with Crippen LogP contribution in [-0.4, -0.2) is 49.9 Å². The number of allylic oxidation sites excluding steroid dienone is 4. The van der Waals surface area contributed by atoms with E-state index < -0.39 is 13.9 Å². The second-order valence-electron chi connectivity index (χ2n) is 13.5. The Morgan fingerprint density at radius 3 is 1.59 bits per heavy atom. The molecule has 8 nitrogen and oxygen atoms in total. The van der Waals surface area contributed by atoms with E-state index in [0.717, 1.165) is 38.5 Å². The van der Waals surface area contributed by atoms with Gasteiger partial charge < -0.3 is 20.1 Å². The molecule has 2 atom stereocenters. The summed E-state index contributed by atoms with van der Waals surface area (Å²) in [4.78, 5) is 22.4. The molecule has 9 heteroatoms. The number of rotatable bonds is 39. The molecule has 0 fully saturated rings. The summed E-state index contributed by atoms with van der Waals surface area (Å²) in [5, 5.41) is 0. The van der Waals surface area contributed by atoms with E-state index in [0.29, 0.717) is 13.0 Å². The number of ether oxygens (including phenoxy) is 2. The molecule has 0 saturated heterocycles. The van der Waals surface area contributed by atoms with Gasteiger partial charge in [0.1, 0.15) is 6.10 Å². The van der Waals surface area contributed by atoms with Crippen LogP contribution in [0.1, 0.15) is 187 Å². The van der Waals surface area contributed by atoms with Gasteiger partial charge in [-0.15, -0.1) is 0 Å². The van der Waals surface area contributed by atoms with Crippen LogP contribution in [0.2, 0.25) is 0 Å². The Kier molecular flexibility index (Phi) is 37.4. The van der Waals surface area contributed by atoms with Crippen LogP contribution in [0.5, 0.6) is 0 Å². The minimum atomic E-state index is -4.27. The Hall–Kier alpha value is -1.02. The summed E-state index contributed by atoms with van der Waals surface area (Å²) in [5.41, 5.74) is 5.35. The quantitative estimate of drug-likeness (QED) is 0.0279. The molecular weight excluding hydrogens is 637 g/mol. The van der Waals surface area contributed by atoms with Crippen LogP contribution in [-0.2, 0) is 27.9 Å². The maximum absolute atomic E-state index is 12.5. The summed E-state index contributed by atoms with van der Waals surface area (Å²) >= 11 is 0. The van der Waals surface area contributed by atoms with Crippen LogP contribution in [0.4, 0.5) is 0 Å². The lowest BCUT2D eigenvalue weighted by Crippen LogP contribution is -2.28. The van der Waals surface area contributed by atoms with Gasteiger partial charge >= 0.3 is 13.8 Å². The van der Waals surface area contributed by atoms with Gasteiger partial charge in [-0.05, 0) is 44.9 Å². The average molecular weight is 716 g/mol. The molecule has 0 aromatic rings. The first-order chi connectivity index (χ1) is 23.9. The van der Waals surface area contributed by atoms with Crippen LogP contribution in [0.25, 0.3) is 0 Å². The summed E-state index contributed by atoms with van der Waals surface area (Å²) in [7, 11) is -4.27. The first-order valence-corrected chi connectivity index (χ1v) is 21.8. The molecule has 3 N–H and O–H groups in total. The smallest absolute Gasteiger partial charge is 0.457 e. The lowest BCUT2D eigenvalue weighted by molar-refractivity contribution is -0.154. The molecule has 290 valence electrons. The molecule has 0 amide bonds. The molecule has 0 aromatic heterocycles. The normalized spacial score (nSPS) is 13.8. The van der Waals surface area contributed by atoms with Crippen molar-refractivity contribution in [1.29, 1.82) is 0 Å². The molecular formula is C40H78NO7P. The van der Waals surface area contributed by atoms with E-state index in [1.807, 2.05) is 0 Å². The first-order valence-electron chi connectivity index (χ1n) is 20.3. The van der Waals surface area contributed by atoms with Crippen molar-refractivity contribution in [2.24, 2.45) is 5.73 Å². The summed E-state index contributed by atoms with van der Waals surface area (Å²) < 4.78 is 33.3. The largest absolute Gasteiger partial charge is 0.472 e. The van der Waals surface area contributed by atoms with E-state index in [1.165, 1.54) is 128 Å². The van der Waals surface area contributed by atoms with Crippen molar-refractivity contribution in [3.8, 4) is 0 Å². The van der Waals surface area contributed by atoms with Crippen molar-refractivity contribution >= 4 is 13.8 Å². The van der Waals surface area contributed by atoms with Gasteiger partial charge in [0, 0.05) is 19.6 Å². The maximum atomic E-state index is 12.5. The zero-order chi connectivity index (χ0) is 35.9. The highest BCUT2D eigenvalue weighted by molar-refractivity contribution is 7.47. The Labute approximate surface area is 302 Å². The molecule has 0 aliphatic carbocycles. The zero-order valence-electron chi connectivity index (χ0n) is 31.9. The van der Waals surface area contributed by atoms with Crippen LogP contribution < -0.4 is 5.73 Å². The second-order valence-corrected chi connectivity index (χ2v) is 15.0. The molecule has 0 aliphatic rings. The van der Waals surface area contributed by atoms with Crippen molar-refractivity contribution in [1.82, 2.24) is 0 Å². The van der Waals surface area contributed by atoms with Crippen molar-refractivity contribution in [2.45, 2.75) is 193 Å². The van der Waals surface area contributed by atoms with Crippen LogP contribution in [0.3, 0.4) is 0 Å². The molecule has 0 spiro atoms. The monoisotopic (exact) mass is 716 g/mol. The van der Waals surface area contributed by atoms with E-state index >= 15 is 0 Å². The number of hydrogen-bond donors (Lipinski definition) is 2. The van der Waals surface area contributed by atoms with Crippen LogP contribution >= 0.6 is 7.82 Å². The summed E-state index contributed by atoms with van der Waals surface area (Å²) in [6, 6.07) is 0. The third-order valence-corrected chi connectivity index (χ3v) is 9.61. The molecule has 0 radical (unpaired) electrons. The van der Waals surface area contributed by atoms with Crippen molar-refractivity contribution in [3.05, 3.63) is 24.3 Å². The Balaban J connectivity index is 3.97. The standard InChI is InChI=1S/C40H78NO7P/c1-3-5-7-9-11-13-14-15-16-17-18-19-20-21-22-23-24-25-27-29-31-33-40(42)48-39(38-47-49(43,44)46-36-34-41)37-45-35-32-30-28-26-12-10-8-6-4-2/h14-15,17-18,39H,3-13,16,19-38,41H2,1-2H3,(H,43,44)/b15-14-,18-17-. The zero-order valence-corrected chi connectivity index (χ0v) is 32.8. The molecule has 0 aliphatic heterocycles. The average Bonchev–Trinajstić information content (AvgIpc) is 3.09. The predicted molar refractivity (Wildman–Crippen MR) is 206 cm³/mol. The van der Waals surface area contributed by atoms with E-state index in [4.69, 9.17) is 24.3 Å². The Bertz CT molecular complexity index is 807. The summed E-state index contributed by atoms with van der Waals surface area (Å²) in [5.74, 6) is -0.334. The Morgan fingerprint density at radius 2 is 1.08 bits per heavy atom. The summed E-state index contributed by atoms with van der Waals surface area (Å²) in [6.07, 6.45) is 40.5. The number of phosphoric ester groups is 1. The number of nitrogens with two attached hydrogens (primary N) is 1. The molecule has 0 heterocycles. The van der Waals surface area contributed by atoms with Crippen LogP contribution in [0, 0.1) is 0 Å². The van der Waals surface area contributed by atoms with E-state index in [9.17, 15) is 14.3 Å². The number of unbranched alkanes of at least 4 members (excludes halogenated alkanes) is 22. The number of carbonyl (C=O) groups is 1. The highest BCUT2D eigenvalue weighted by atomic mass is 31.2. The first kappa shape index (κ1) is 48.0.